The molecule has 0 saturated heterocycles. The number of carboxylic acids is 1. The lowest BCUT2D eigenvalue weighted by molar-refractivity contribution is -0.137. The molecule has 0 fully saturated rings. The number of amides is 1. The van der Waals surface area contributed by atoms with Crippen LogP contribution >= 0.6 is 0 Å². The molecule has 0 aliphatic heterocycles. The zero-order valence-corrected chi connectivity index (χ0v) is 18.3. The van der Waals surface area contributed by atoms with Gasteiger partial charge in [-0.1, -0.05) is 67.7 Å². The Morgan fingerprint density at radius 1 is 0.867 bits per heavy atom. The zero-order valence-electron chi connectivity index (χ0n) is 18.3. The maximum atomic E-state index is 11.7. The molecular weight excluding hydrogens is 378 g/mol. The van der Waals surface area contributed by atoms with E-state index in [0.29, 0.717) is 12.8 Å². The second kappa shape index (κ2) is 19.4. The van der Waals surface area contributed by atoms with Crippen molar-refractivity contribution in [3.05, 3.63) is 60.8 Å². The Kier molecular flexibility index (Phi) is 17.6. The van der Waals surface area contributed by atoms with E-state index in [1.54, 1.807) is 0 Å². The first kappa shape index (κ1) is 27.1. The third kappa shape index (κ3) is 18.5. The molecular formula is C24H37N3O3. The third-order valence-electron chi connectivity index (χ3n) is 3.94. The molecule has 0 aromatic rings. The molecule has 0 unspecified atom stereocenters. The highest BCUT2D eigenvalue weighted by Gasteiger charge is 2.11. The summed E-state index contributed by atoms with van der Waals surface area (Å²) in [6.45, 7) is 1.82. The molecule has 0 rings (SSSR count). The summed E-state index contributed by atoms with van der Waals surface area (Å²) in [5.41, 5.74) is 0. The van der Waals surface area contributed by atoms with Gasteiger partial charge in [-0.25, -0.2) is 0 Å². The average Bonchev–Trinajstić information content (AvgIpc) is 2.69. The molecule has 166 valence electrons. The molecule has 0 aliphatic rings. The predicted octanol–water partition coefficient (Wildman–Crippen LogP) is 4.98. The summed E-state index contributed by atoms with van der Waals surface area (Å²) in [5.74, 6) is -1.52. The number of rotatable bonds is 15. The van der Waals surface area contributed by atoms with E-state index in [-0.39, 0.29) is 18.4 Å². The van der Waals surface area contributed by atoms with Crippen LogP contribution < -0.4 is 5.32 Å². The van der Waals surface area contributed by atoms with E-state index in [4.69, 9.17) is 10.5 Å². The monoisotopic (exact) mass is 415 g/mol. The molecule has 0 aliphatic carbocycles. The van der Waals surface area contributed by atoms with Crippen LogP contribution in [0.25, 0.3) is 0 Å². The van der Waals surface area contributed by atoms with Crippen LogP contribution in [0.5, 0.6) is 0 Å². The number of likely N-dealkylation sites (N-methyl/N-ethyl adjacent to an activating group) is 1. The average molecular weight is 416 g/mol. The SMILES string of the molecule is CC/C=C\C/C=C\C/C=C\C/C=C\C/C=C\CCCC(=O)NC(=N)N(C)CC(=O)O. The summed E-state index contributed by atoms with van der Waals surface area (Å²) in [5, 5.41) is 18.7. The highest BCUT2D eigenvalue weighted by Crippen LogP contribution is 2.00. The van der Waals surface area contributed by atoms with Gasteiger partial charge in [0, 0.05) is 13.5 Å². The summed E-state index contributed by atoms with van der Waals surface area (Å²) in [4.78, 5) is 23.5. The number of nitrogens with zero attached hydrogens (tertiary/aromatic N) is 1. The Bertz CT molecular complexity index is 646. The number of hydrogen-bond donors (Lipinski definition) is 3. The van der Waals surface area contributed by atoms with Gasteiger partial charge in [0.2, 0.25) is 5.91 Å². The number of unbranched alkanes of at least 4 members (excludes halogenated alkanes) is 1. The minimum absolute atomic E-state index is 0.197. The van der Waals surface area contributed by atoms with Gasteiger partial charge >= 0.3 is 5.97 Å². The molecule has 0 heterocycles. The van der Waals surface area contributed by atoms with Crippen molar-refractivity contribution >= 4 is 17.8 Å². The first-order valence-corrected chi connectivity index (χ1v) is 10.5. The maximum Gasteiger partial charge on any atom is 0.323 e. The number of carbonyl (C=O) groups excluding carboxylic acids is 1. The van der Waals surface area contributed by atoms with Crippen molar-refractivity contribution in [3.8, 4) is 0 Å². The van der Waals surface area contributed by atoms with Crippen LogP contribution in [0.15, 0.2) is 60.8 Å². The molecule has 6 heteroatoms. The Labute approximate surface area is 181 Å². The van der Waals surface area contributed by atoms with Crippen LogP contribution in [-0.4, -0.2) is 41.4 Å². The summed E-state index contributed by atoms with van der Waals surface area (Å²) in [7, 11) is 1.45. The number of carbonyl (C=O) groups is 2. The van der Waals surface area contributed by atoms with Gasteiger partial charge in [0.25, 0.3) is 0 Å². The summed E-state index contributed by atoms with van der Waals surface area (Å²) in [6.07, 6.45) is 28.1. The highest BCUT2D eigenvalue weighted by atomic mass is 16.4. The Hall–Kier alpha value is -2.89. The minimum Gasteiger partial charge on any atom is -0.480 e. The van der Waals surface area contributed by atoms with Crippen LogP contribution in [0, 0.1) is 5.41 Å². The van der Waals surface area contributed by atoms with Gasteiger partial charge in [-0.3, -0.25) is 20.3 Å². The highest BCUT2D eigenvalue weighted by molar-refractivity contribution is 5.96. The van der Waals surface area contributed by atoms with E-state index in [1.807, 2.05) is 6.08 Å². The molecule has 0 aromatic heterocycles. The fourth-order valence-corrected chi connectivity index (χ4v) is 2.32. The van der Waals surface area contributed by atoms with Gasteiger partial charge in [-0.2, -0.15) is 0 Å². The molecule has 0 aromatic carbocycles. The van der Waals surface area contributed by atoms with E-state index in [2.05, 4.69) is 66.9 Å². The van der Waals surface area contributed by atoms with E-state index in [1.165, 1.54) is 11.9 Å². The number of aliphatic carboxylic acids is 1. The Morgan fingerprint density at radius 3 is 1.80 bits per heavy atom. The third-order valence-corrected chi connectivity index (χ3v) is 3.94. The van der Waals surface area contributed by atoms with Crippen molar-refractivity contribution in [2.24, 2.45) is 0 Å². The van der Waals surface area contributed by atoms with Crippen molar-refractivity contribution in [2.45, 2.75) is 58.3 Å². The molecule has 0 atom stereocenters. The van der Waals surface area contributed by atoms with E-state index < -0.39 is 5.97 Å². The topological polar surface area (TPSA) is 93.5 Å². The number of allylic oxidation sites excluding steroid dienone is 10. The van der Waals surface area contributed by atoms with Gasteiger partial charge < -0.3 is 10.0 Å². The molecule has 6 nitrogen and oxygen atoms in total. The molecule has 0 spiro atoms. The number of guanidine groups is 1. The lowest BCUT2D eigenvalue weighted by Gasteiger charge is -2.17. The van der Waals surface area contributed by atoms with Crippen molar-refractivity contribution in [1.29, 1.82) is 5.41 Å². The second-order valence-corrected chi connectivity index (χ2v) is 6.75. The fourth-order valence-electron chi connectivity index (χ4n) is 2.32. The van der Waals surface area contributed by atoms with Crippen molar-refractivity contribution in [1.82, 2.24) is 10.2 Å². The van der Waals surface area contributed by atoms with Crippen molar-refractivity contribution < 1.29 is 14.7 Å². The van der Waals surface area contributed by atoms with Crippen LogP contribution in [-0.2, 0) is 9.59 Å². The summed E-state index contributed by atoms with van der Waals surface area (Å²) < 4.78 is 0. The first-order valence-electron chi connectivity index (χ1n) is 10.5. The number of hydrogen-bond acceptors (Lipinski definition) is 3. The normalized spacial score (nSPS) is 12.1. The van der Waals surface area contributed by atoms with E-state index in [0.717, 1.165) is 38.5 Å². The maximum absolute atomic E-state index is 11.7. The molecule has 1 amide bonds. The van der Waals surface area contributed by atoms with Crippen LogP contribution in [0.1, 0.15) is 58.3 Å². The zero-order chi connectivity index (χ0) is 22.5. The molecule has 0 bridgehead atoms. The van der Waals surface area contributed by atoms with Gasteiger partial charge in [0.05, 0.1) is 0 Å². The lowest BCUT2D eigenvalue weighted by Crippen LogP contribution is -2.43. The van der Waals surface area contributed by atoms with Crippen LogP contribution in [0.2, 0.25) is 0 Å². The Balaban J connectivity index is 3.71. The molecule has 0 saturated carbocycles. The van der Waals surface area contributed by atoms with Crippen LogP contribution in [0.3, 0.4) is 0 Å². The minimum atomic E-state index is -1.05. The quantitative estimate of drug-likeness (QED) is 0.152. The number of nitrogens with one attached hydrogen (secondary N) is 2. The van der Waals surface area contributed by atoms with Crippen molar-refractivity contribution in [2.75, 3.05) is 13.6 Å². The number of carboxylic acid groups (broad SMARTS) is 1. The first-order chi connectivity index (χ1) is 14.5. The fraction of sp³-hybridized carbons (Fsp3) is 0.458. The van der Waals surface area contributed by atoms with Gasteiger partial charge in [0.15, 0.2) is 5.96 Å². The van der Waals surface area contributed by atoms with Gasteiger partial charge in [-0.05, 0) is 44.9 Å². The summed E-state index contributed by atoms with van der Waals surface area (Å²) in [6, 6.07) is 0. The molecule has 30 heavy (non-hydrogen) atoms. The standard InChI is InChI=1S/C24H37N3O3/c1-3-4-5-6-7-8-9-10-11-12-13-14-15-16-17-18-19-20-22(28)26-24(25)27(2)21-23(29)30/h4-5,7-8,10-11,13-14,16-17H,3,6,9,12,15,18-21H2,1-2H3,(H,29,30)(H2,25,26,28)/b5-4-,8-7-,11-10-,14-13-,17-16-. The Morgan fingerprint density at radius 2 is 1.33 bits per heavy atom. The van der Waals surface area contributed by atoms with Gasteiger partial charge in [0.1, 0.15) is 6.54 Å². The van der Waals surface area contributed by atoms with E-state index in [9.17, 15) is 9.59 Å². The smallest absolute Gasteiger partial charge is 0.323 e. The lowest BCUT2D eigenvalue weighted by atomic mass is 10.2. The largest absolute Gasteiger partial charge is 0.480 e. The summed E-state index contributed by atoms with van der Waals surface area (Å²) >= 11 is 0. The van der Waals surface area contributed by atoms with E-state index >= 15 is 0 Å². The predicted molar refractivity (Wildman–Crippen MR) is 124 cm³/mol. The molecule has 3 N–H and O–H groups in total. The van der Waals surface area contributed by atoms with Gasteiger partial charge in [-0.15, -0.1) is 0 Å². The van der Waals surface area contributed by atoms with Crippen LogP contribution in [0.4, 0.5) is 0 Å². The van der Waals surface area contributed by atoms with Crippen molar-refractivity contribution in [3.63, 3.8) is 0 Å². The molecule has 0 radical (unpaired) electrons. The second-order valence-electron chi connectivity index (χ2n) is 6.75.